The number of esters is 1. The summed E-state index contributed by atoms with van der Waals surface area (Å²) >= 11 is 0. The number of carbonyl (C=O) groups excluding carboxylic acids is 3. The Morgan fingerprint density at radius 2 is 1.68 bits per heavy atom. The lowest BCUT2D eigenvalue weighted by molar-refractivity contribution is -0.144. The number of benzene rings is 1. The summed E-state index contributed by atoms with van der Waals surface area (Å²) in [4.78, 5) is 34.9. The smallest absolute Gasteiger partial charge is 0.305 e. The fraction of sp³-hybridized carbons (Fsp3) is 0.500. The fourth-order valence-corrected chi connectivity index (χ4v) is 1.93. The molecule has 7 nitrogen and oxygen atoms in total. The summed E-state index contributed by atoms with van der Waals surface area (Å²) in [5.41, 5.74) is 7.03. The molecule has 0 aromatic heterocycles. The number of nitrogens with two attached hydrogens (primary N) is 1. The van der Waals surface area contributed by atoms with Crippen LogP contribution in [0, 0.1) is 0 Å². The van der Waals surface area contributed by atoms with Crippen molar-refractivity contribution in [2.45, 2.75) is 52.0 Å². The minimum atomic E-state index is -0.793. The first-order valence-corrected chi connectivity index (χ1v) is 8.58. The molecule has 1 rings (SSSR count). The van der Waals surface area contributed by atoms with Crippen LogP contribution in [0.5, 0.6) is 0 Å². The standard InChI is InChI=1S/C18H27N3O4/c1-3-5-12-25-17(23)11-10-15(19)18(24)21-14-8-6-13(7-9-14)20-16(22)4-2/h6-9,15H,3-5,10-12,19H2,1-2H3,(H,20,22)(H,21,24). The van der Waals surface area contributed by atoms with Gasteiger partial charge in [-0.15, -0.1) is 0 Å². The third-order valence-corrected chi connectivity index (χ3v) is 3.51. The number of hydrogen-bond acceptors (Lipinski definition) is 5. The van der Waals surface area contributed by atoms with Gasteiger partial charge in [0, 0.05) is 24.2 Å². The van der Waals surface area contributed by atoms with Crippen molar-refractivity contribution in [3.8, 4) is 0 Å². The molecular weight excluding hydrogens is 322 g/mol. The molecular formula is C18H27N3O4. The summed E-state index contributed by atoms with van der Waals surface area (Å²) in [5.74, 6) is -0.788. The number of amides is 2. The number of unbranched alkanes of at least 4 members (excludes halogenated alkanes) is 1. The molecule has 0 fully saturated rings. The molecule has 0 bridgehead atoms. The Labute approximate surface area is 148 Å². The van der Waals surface area contributed by atoms with Crippen LogP contribution in [0.15, 0.2) is 24.3 Å². The third-order valence-electron chi connectivity index (χ3n) is 3.51. The van der Waals surface area contributed by atoms with Crippen molar-refractivity contribution in [2.75, 3.05) is 17.2 Å². The third kappa shape index (κ3) is 8.30. The summed E-state index contributed by atoms with van der Waals surface area (Å²) in [6.07, 6.45) is 2.51. The average molecular weight is 349 g/mol. The molecule has 1 aromatic rings. The van der Waals surface area contributed by atoms with Crippen LogP contribution in [-0.4, -0.2) is 30.4 Å². The van der Waals surface area contributed by atoms with E-state index in [4.69, 9.17) is 10.5 Å². The van der Waals surface area contributed by atoms with E-state index in [-0.39, 0.29) is 30.6 Å². The second-order valence-electron chi connectivity index (χ2n) is 5.69. The number of ether oxygens (including phenoxy) is 1. The number of carbonyl (C=O) groups is 3. The topological polar surface area (TPSA) is 111 Å². The van der Waals surface area contributed by atoms with Crippen molar-refractivity contribution >= 4 is 29.2 Å². The van der Waals surface area contributed by atoms with E-state index in [1.54, 1.807) is 31.2 Å². The molecule has 0 aliphatic heterocycles. The second kappa shape index (κ2) is 11.2. The van der Waals surface area contributed by atoms with Crippen LogP contribution in [0.2, 0.25) is 0 Å². The molecule has 1 atom stereocenters. The van der Waals surface area contributed by atoms with E-state index in [9.17, 15) is 14.4 Å². The fourth-order valence-electron chi connectivity index (χ4n) is 1.93. The summed E-state index contributed by atoms with van der Waals surface area (Å²) in [7, 11) is 0. The van der Waals surface area contributed by atoms with Crippen LogP contribution < -0.4 is 16.4 Å². The van der Waals surface area contributed by atoms with Gasteiger partial charge in [-0.25, -0.2) is 0 Å². The zero-order valence-corrected chi connectivity index (χ0v) is 14.8. The summed E-state index contributed by atoms with van der Waals surface area (Å²) in [6.45, 7) is 4.18. The van der Waals surface area contributed by atoms with Gasteiger partial charge in [0.05, 0.1) is 12.6 Å². The molecule has 25 heavy (non-hydrogen) atoms. The van der Waals surface area contributed by atoms with E-state index in [1.165, 1.54) is 0 Å². The number of hydrogen-bond donors (Lipinski definition) is 3. The van der Waals surface area contributed by atoms with E-state index in [2.05, 4.69) is 10.6 Å². The predicted octanol–water partition coefficient (Wildman–Crippen LogP) is 2.42. The molecule has 0 radical (unpaired) electrons. The van der Waals surface area contributed by atoms with E-state index in [0.29, 0.717) is 24.4 Å². The zero-order chi connectivity index (χ0) is 18.7. The van der Waals surface area contributed by atoms with Crippen LogP contribution in [0.25, 0.3) is 0 Å². The van der Waals surface area contributed by atoms with E-state index < -0.39 is 6.04 Å². The molecule has 0 aliphatic carbocycles. The predicted molar refractivity (Wildman–Crippen MR) is 97.1 cm³/mol. The Bertz CT molecular complexity index is 572. The van der Waals surface area contributed by atoms with Crippen molar-refractivity contribution in [3.05, 3.63) is 24.3 Å². The molecule has 7 heteroatoms. The first kappa shape index (κ1) is 20.6. The highest BCUT2D eigenvalue weighted by molar-refractivity contribution is 5.95. The van der Waals surface area contributed by atoms with Crippen molar-refractivity contribution in [1.82, 2.24) is 0 Å². The Kier molecular flexibility index (Phi) is 9.24. The molecule has 1 aromatic carbocycles. The maximum atomic E-state index is 12.0. The molecule has 2 amide bonds. The maximum absolute atomic E-state index is 12.0. The Morgan fingerprint density at radius 3 is 2.24 bits per heavy atom. The van der Waals surface area contributed by atoms with Gasteiger partial charge in [-0.1, -0.05) is 20.3 Å². The minimum absolute atomic E-state index is 0.0790. The van der Waals surface area contributed by atoms with Crippen LogP contribution in [0.3, 0.4) is 0 Å². The molecule has 0 saturated heterocycles. The van der Waals surface area contributed by atoms with Gasteiger partial charge in [0.2, 0.25) is 11.8 Å². The van der Waals surface area contributed by atoms with Crippen molar-refractivity contribution in [2.24, 2.45) is 5.73 Å². The maximum Gasteiger partial charge on any atom is 0.305 e. The number of anilines is 2. The van der Waals surface area contributed by atoms with Crippen LogP contribution in [0.4, 0.5) is 11.4 Å². The van der Waals surface area contributed by atoms with Gasteiger partial charge in [-0.2, -0.15) is 0 Å². The SMILES string of the molecule is CCCCOC(=O)CCC(N)C(=O)Nc1ccc(NC(=O)CC)cc1. The van der Waals surface area contributed by atoms with E-state index >= 15 is 0 Å². The second-order valence-corrected chi connectivity index (χ2v) is 5.69. The summed E-state index contributed by atoms with van der Waals surface area (Å²) in [6, 6.07) is 5.95. The van der Waals surface area contributed by atoms with Gasteiger partial charge in [0.25, 0.3) is 0 Å². The highest BCUT2D eigenvalue weighted by atomic mass is 16.5. The molecule has 4 N–H and O–H groups in total. The summed E-state index contributed by atoms with van der Waals surface area (Å²) in [5, 5.41) is 5.40. The van der Waals surface area contributed by atoms with Gasteiger partial charge in [-0.3, -0.25) is 14.4 Å². The normalized spacial score (nSPS) is 11.5. The lowest BCUT2D eigenvalue weighted by Crippen LogP contribution is -2.36. The Morgan fingerprint density at radius 1 is 1.08 bits per heavy atom. The Hall–Kier alpha value is -2.41. The van der Waals surface area contributed by atoms with E-state index in [1.807, 2.05) is 6.92 Å². The van der Waals surface area contributed by atoms with Crippen LogP contribution in [-0.2, 0) is 19.1 Å². The first-order valence-electron chi connectivity index (χ1n) is 8.58. The van der Waals surface area contributed by atoms with Gasteiger partial charge >= 0.3 is 5.97 Å². The molecule has 0 saturated carbocycles. The number of rotatable bonds is 10. The molecule has 138 valence electrons. The highest BCUT2D eigenvalue weighted by Crippen LogP contribution is 2.14. The van der Waals surface area contributed by atoms with Gasteiger partial charge in [0.1, 0.15) is 0 Å². The average Bonchev–Trinajstić information content (AvgIpc) is 2.61. The monoisotopic (exact) mass is 349 g/mol. The number of nitrogens with one attached hydrogen (secondary N) is 2. The van der Waals surface area contributed by atoms with Crippen molar-refractivity contribution < 1.29 is 19.1 Å². The minimum Gasteiger partial charge on any atom is -0.466 e. The van der Waals surface area contributed by atoms with Crippen LogP contribution in [0.1, 0.15) is 46.0 Å². The van der Waals surface area contributed by atoms with E-state index in [0.717, 1.165) is 12.8 Å². The lowest BCUT2D eigenvalue weighted by Gasteiger charge is -2.12. The molecule has 0 aliphatic rings. The molecule has 0 heterocycles. The lowest BCUT2D eigenvalue weighted by atomic mass is 10.1. The zero-order valence-electron chi connectivity index (χ0n) is 14.8. The summed E-state index contributed by atoms with van der Waals surface area (Å²) < 4.78 is 5.02. The van der Waals surface area contributed by atoms with Gasteiger partial charge < -0.3 is 21.1 Å². The van der Waals surface area contributed by atoms with Gasteiger partial charge in [0.15, 0.2) is 0 Å². The van der Waals surface area contributed by atoms with Crippen molar-refractivity contribution in [3.63, 3.8) is 0 Å². The first-order chi connectivity index (χ1) is 12.0. The Balaban J connectivity index is 2.39. The molecule has 1 unspecified atom stereocenters. The van der Waals surface area contributed by atoms with Crippen molar-refractivity contribution in [1.29, 1.82) is 0 Å². The largest absolute Gasteiger partial charge is 0.466 e. The van der Waals surface area contributed by atoms with Crippen LogP contribution >= 0.6 is 0 Å². The van der Waals surface area contributed by atoms with Gasteiger partial charge in [-0.05, 0) is 37.1 Å². The quantitative estimate of drug-likeness (QED) is 0.444. The highest BCUT2D eigenvalue weighted by Gasteiger charge is 2.16. The molecule has 0 spiro atoms.